The molecule has 0 unspecified atom stereocenters. The van der Waals surface area contributed by atoms with Crippen molar-refractivity contribution in [3.63, 3.8) is 0 Å². The number of hydrogen-bond donors (Lipinski definition) is 2. The van der Waals surface area contributed by atoms with Gasteiger partial charge in [-0.25, -0.2) is 0 Å². The molecule has 16 heavy (non-hydrogen) atoms. The highest BCUT2D eigenvalue weighted by Crippen LogP contribution is 2.09. The number of nitrogens with one attached hydrogen (secondary N) is 2. The van der Waals surface area contributed by atoms with Crippen LogP contribution in [-0.4, -0.2) is 22.6 Å². The zero-order chi connectivity index (χ0) is 12.1. The number of aromatic amines is 1. The third-order valence-electron chi connectivity index (χ3n) is 2.57. The number of carbonyl (C=O) groups is 1. The molecule has 0 aliphatic rings. The van der Waals surface area contributed by atoms with Crippen molar-refractivity contribution in [1.82, 2.24) is 15.5 Å². The van der Waals surface area contributed by atoms with Gasteiger partial charge >= 0.3 is 0 Å². The minimum absolute atomic E-state index is 0.133. The molecule has 4 heteroatoms. The lowest BCUT2D eigenvalue weighted by Gasteiger charge is -2.07. The van der Waals surface area contributed by atoms with E-state index in [1.165, 1.54) is 5.56 Å². The Balaban J connectivity index is 2.33. The standard InChI is InChI=1S/C12H21N3O/c1-8(2)7-12(16)13-6-5-11-9(3)14-15-10(11)4/h8H,5-7H2,1-4H3,(H,13,16)(H,14,15). The van der Waals surface area contributed by atoms with Gasteiger partial charge in [0.1, 0.15) is 0 Å². The largest absolute Gasteiger partial charge is 0.356 e. The highest BCUT2D eigenvalue weighted by Gasteiger charge is 2.07. The molecule has 0 aromatic carbocycles. The van der Waals surface area contributed by atoms with E-state index in [4.69, 9.17) is 0 Å². The summed E-state index contributed by atoms with van der Waals surface area (Å²) in [6.45, 7) is 8.76. The summed E-state index contributed by atoms with van der Waals surface area (Å²) in [5.74, 6) is 0.547. The predicted octanol–water partition coefficient (Wildman–Crippen LogP) is 1.73. The zero-order valence-electron chi connectivity index (χ0n) is 10.6. The molecule has 4 nitrogen and oxygen atoms in total. The van der Waals surface area contributed by atoms with Gasteiger partial charge in [-0.05, 0) is 31.7 Å². The fourth-order valence-corrected chi connectivity index (χ4v) is 1.71. The van der Waals surface area contributed by atoms with E-state index in [2.05, 4.69) is 15.5 Å². The van der Waals surface area contributed by atoms with E-state index in [0.29, 0.717) is 18.9 Å². The first-order valence-electron chi connectivity index (χ1n) is 5.77. The van der Waals surface area contributed by atoms with Crippen LogP contribution in [0.25, 0.3) is 0 Å². The molecule has 0 fully saturated rings. The van der Waals surface area contributed by atoms with Gasteiger partial charge in [-0.15, -0.1) is 0 Å². The monoisotopic (exact) mass is 223 g/mol. The van der Waals surface area contributed by atoms with Crippen molar-refractivity contribution in [2.75, 3.05) is 6.54 Å². The van der Waals surface area contributed by atoms with Crippen LogP contribution < -0.4 is 5.32 Å². The summed E-state index contributed by atoms with van der Waals surface area (Å²) in [4.78, 5) is 11.4. The smallest absolute Gasteiger partial charge is 0.220 e. The number of H-pyrrole nitrogens is 1. The second-order valence-corrected chi connectivity index (χ2v) is 4.61. The summed E-state index contributed by atoms with van der Waals surface area (Å²) >= 11 is 0. The molecule has 0 radical (unpaired) electrons. The summed E-state index contributed by atoms with van der Waals surface area (Å²) in [5.41, 5.74) is 3.33. The maximum absolute atomic E-state index is 11.4. The van der Waals surface area contributed by atoms with Gasteiger partial charge < -0.3 is 5.32 Å². The minimum Gasteiger partial charge on any atom is -0.356 e. The van der Waals surface area contributed by atoms with Crippen molar-refractivity contribution in [1.29, 1.82) is 0 Å². The van der Waals surface area contributed by atoms with E-state index in [1.807, 2.05) is 27.7 Å². The number of hydrogen-bond acceptors (Lipinski definition) is 2. The molecule has 1 rings (SSSR count). The Morgan fingerprint density at radius 3 is 2.62 bits per heavy atom. The highest BCUT2D eigenvalue weighted by atomic mass is 16.1. The molecule has 1 heterocycles. The quantitative estimate of drug-likeness (QED) is 0.798. The predicted molar refractivity (Wildman–Crippen MR) is 64.2 cm³/mol. The molecule has 0 aliphatic heterocycles. The average Bonchev–Trinajstić information content (AvgIpc) is 2.47. The number of aromatic nitrogens is 2. The average molecular weight is 223 g/mol. The number of carbonyl (C=O) groups excluding carboxylic acids is 1. The molecule has 1 amide bonds. The number of aryl methyl sites for hydroxylation is 2. The van der Waals surface area contributed by atoms with Gasteiger partial charge in [0.05, 0.1) is 5.69 Å². The van der Waals surface area contributed by atoms with Crippen molar-refractivity contribution in [3.8, 4) is 0 Å². The zero-order valence-corrected chi connectivity index (χ0v) is 10.6. The first-order chi connectivity index (χ1) is 7.50. The molecule has 1 aromatic rings. The van der Waals surface area contributed by atoms with Crippen LogP contribution in [-0.2, 0) is 11.2 Å². The van der Waals surface area contributed by atoms with Gasteiger partial charge in [-0.3, -0.25) is 9.89 Å². The first-order valence-corrected chi connectivity index (χ1v) is 5.77. The molecule has 0 atom stereocenters. The lowest BCUT2D eigenvalue weighted by molar-refractivity contribution is -0.121. The second kappa shape index (κ2) is 5.68. The highest BCUT2D eigenvalue weighted by molar-refractivity contribution is 5.76. The van der Waals surface area contributed by atoms with E-state index in [0.717, 1.165) is 17.8 Å². The van der Waals surface area contributed by atoms with Crippen LogP contribution in [0.15, 0.2) is 0 Å². The van der Waals surface area contributed by atoms with Crippen LogP contribution in [0.1, 0.15) is 37.2 Å². The molecule has 0 saturated carbocycles. The van der Waals surface area contributed by atoms with Crippen molar-refractivity contribution >= 4 is 5.91 Å². The lowest BCUT2D eigenvalue weighted by atomic mass is 10.1. The van der Waals surface area contributed by atoms with Crippen LogP contribution in [0.4, 0.5) is 0 Å². The Morgan fingerprint density at radius 1 is 1.44 bits per heavy atom. The number of amides is 1. The summed E-state index contributed by atoms with van der Waals surface area (Å²) in [7, 11) is 0. The van der Waals surface area contributed by atoms with Crippen molar-refractivity contribution < 1.29 is 4.79 Å². The fraction of sp³-hybridized carbons (Fsp3) is 0.667. The van der Waals surface area contributed by atoms with E-state index in [1.54, 1.807) is 0 Å². The topological polar surface area (TPSA) is 57.8 Å². The molecule has 1 aromatic heterocycles. The molecule has 0 saturated heterocycles. The molecule has 2 N–H and O–H groups in total. The summed E-state index contributed by atoms with van der Waals surface area (Å²) in [5, 5.41) is 10.00. The van der Waals surface area contributed by atoms with Crippen molar-refractivity contribution in [3.05, 3.63) is 17.0 Å². The normalized spacial score (nSPS) is 10.8. The Kier molecular flexibility index (Phi) is 4.52. The van der Waals surface area contributed by atoms with Crippen LogP contribution in [0.5, 0.6) is 0 Å². The molecular formula is C12H21N3O. The van der Waals surface area contributed by atoms with Crippen LogP contribution in [0.3, 0.4) is 0 Å². The van der Waals surface area contributed by atoms with E-state index < -0.39 is 0 Å². The second-order valence-electron chi connectivity index (χ2n) is 4.61. The van der Waals surface area contributed by atoms with Gasteiger partial charge in [-0.2, -0.15) is 5.10 Å². The Hall–Kier alpha value is -1.32. The van der Waals surface area contributed by atoms with Crippen molar-refractivity contribution in [2.24, 2.45) is 5.92 Å². The maximum atomic E-state index is 11.4. The SMILES string of the molecule is Cc1n[nH]c(C)c1CCNC(=O)CC(C)C. The van der Waals surface area contributed by atoms with Gasteiger partial charge in [-0.1, -0.05) is 13.8 Å². The molecule has 0 spiro atoms. The first kappa shape index (κ1) is 12.7. The van der Waals surface area contributed by atoms with Crippen LogP contribution >= 0.6 is 0 Å². The Labute approximate surface area is 96.8 Å². The molecular weight excluding hydrogens is 202 g/mol. The summed E-state index contributed by atoms with van der Waals surface area (Å²) in [6, 6.07) is 0. The number of nitrogens with zero attached hydrogens (tertiary/aromatic N) is 1. The van der Waals surface area contributed by atoms with Crippen LogP contribution in [0, 0.1) is 19.8 Å². The van der Waals surface area contributed by atoms with Gasteiger partial charge in [0.25, 0.3) is 0 Å². The van der Waals surface area contributed by atoms with Gasteiger partial charge in [0.2, 0.25) is 5.91 Å². The maximum Gasteiger partial charge on any atom is 0.220 e. The lowest BCUT2D eigenvalue weighted by Crippen LogP contribution is -2.26. The van der Waals surface area contributed by atoms with Crippen molar-refractivity contribution in [2.45, 2.75) is 40.5 Å². The third kappa shape index (κ3) is 3.68. The Bertz CT molecular complexity index is 336. The fourth-order valence-electron chi connectivity index (χ4n) is 1.71. The summed E-state index contributed by atoms with van der Waals surface area (Å²) < 4.78 is 0. The van der Waals surface area contributed by atoms with E-state index >= 15 is 0 Å². The van der Waals surface area contributed by atoms with E-state index in [9.17, 15) is 4.79 Å². The van der Waals surface area contributed by atoms with Gasteiger partial charge in [0.15, 0.2) is 0 Å². The molecule has 0 bridgehead atoms. The minimum atomic E-state index is 0.133. The molecule has 0 aliphatic carbocycles. The third-order valence-corrected chi connectivity index (χ3v) is 2.57. The van der Waals surface area contributed by atoms with Crippen LogP contribution in [0.2, 0.25) is 0 Å². The van der Waals surface area contributed by atoms with Gasteiger partial charge in [0, 0.05) is 18.7 Å². The number of rotatable bonds is 5. The Morgan fingerprint density at radius 2 is 2.12 bits per heavy atom. The molecule has 90 valence electrons. The summed E-state index contributed by atoms with van der Waals surface area (Å²) in [6.07, 6.45) is 1.45. The van der Waals surface area contributed by atoms with E-state index in [-0.39, 0.29) is 5.91 Å².